The third-order valence-corrected chi connectivity index (χ3v) is 5.47. The monoisotopic (exact) mass is 384 g/mol. The number of benzene rings is 2. The van der Waals surface area contributed by atoms with Gasteiger partial charge in [-0.1, -0.05) is 37.0 Å². The number of anilines is 1. The topological polar surface area (TPSA) is 72.2 Å². The van der Waals surface area contributed by atoms with Crippen molar-refractivity contribution in [2.24, 2.45) is 0 Å². The van der Waals surface area contributed by atoms with Gasteiger partial charge < -0.3 is 4.42 Å². The first-order valence-electron chi connectivity index (χ1n) is 7.14. The Bertz CT molecular complexity index is 1010. The third kappa shape index (κ3) is 3.36. The lowest BCUT2D eigenvalue weighted by molar-refractivity contribution is 0.501. The first kappa shape index (κ1) is 17.1. The van der Waals surface area contributed by atoms with Crippen LogP contribution in [-0.4, -0.2) is 13.4 Å². The Kier molecular flexibility index (Phi) is 4.46. The predicted molar refractivity (Wildman–Crippen MR) is 95.4 cm³/mol. The molecule has 0 atom stereocenters. The van der Waals surface area contributed by atoms with E-state index in [9.17, 15) is 8.42 Å². The van der Waals surface area contributed by atoms with Crippen LogP contribution in [0.1, 0.15) is 25.7 Å². The van der Waals surface area contributed by atoms with Gasteiger partial charge in [0, 0.05) is 12.0 Å². The Morgan fingerprint density at radius 1 is 1.08 bits per heavy atom. The van der Waals surface area contributed by atoms with E-state index in [0.29, 0.717) is 27.7 Å². The van der Waals surface area contributed by atoms with Crippen molar-refractivity contribution in [1.29, 1.82) is 0 Å². The maximum Gasteiger partial charge on any atom is 0.261 e. The van der Waals surface area contributed by atoms with Crippen molar-refractivity contribution in [3.63, 3.8) is 0 Å². The summed E-state index contributed by atoms with van der Waals surface area (Å²) in [6.45, 7) is 3.94. The maximum atomic E-state index is 12.5. The number of sulfonamides is 1. The van der Waals surface area contributed by atoms with Gasteiger partial charge in [-0.15, -0.1) is 0 Å². The summed E-state index contributed by atoms with van der Waals surface area (Å²) in [4.78, 5) is 4.38. The number of rotatable bonds is 4. The largest absolute Gasteiger partial charge is 0.440 e. The van der Waals surface area contributed by atoms with Crippen LogP contribution in [0.4, 0.5) is 5.69 Å². The summed E-state index contributed by atoms with van der Waals surface area (Å²) in [5.41, 5.74) is 1.57. The van der Waals surface area contributed by atoms with Gasteiger partial charge in [-0.25, -0.2) is 13.4 Å². The number of halogens is 2. The van der Waals surface area contributed by atoms with Crippen LogP contribution < -0.4 is 4.72 Å². The minimum absolute atomic E-state index is 0.0254. The molecule has 0 bridgehead atoms. The van der Waals surface area contributed by atoms with Crippen molar-refractivity contribution in [1.82, 2.24) is 4.98 Å². The van der Waals surface area contributed by atoms with E-state index in [1.54, 1.807) is 18.2 Å². The molecule has 0 saturated carbocycles. The zero-order valence-electron chi connectivity index (χ0n) is 12.9. The Balaban J connectivity index is 1.94. The van der Waals surface area contributed by atoms with Crippen molar-refractivity contribution >= 4 is 50.0 Å². The van der Waals surface area contributed by atoms with Crippen LogP contribution in [0, 0.1) is 0 Å². The van der Waals surface area contributed by atoms with Gasteiger partial charge in [0.25, 0.3) is 10.0 Å². The highest BCUT2D eigenvalue weighted by molar-refractivity contribution is 7.92. The number of hydrogen-bond acceptors (Lipinski definition) is 4. The highest BCUT2D eigenvalue weighted by Crippen LogP contribution is 2.28. The maximum absolute atomic E-state index is 12.5. The molecule has 5 nitrogen and oxygen atoms in total. The second-order valence-electron chi connectivity index (χ2n) is 5.57. The van der Waals surface area contributed by atoms with Crippen molar-refractivity contribution < 1.29 is 12.8 Å². The minimum Gasteiger partial charge on any atom is -0.440 e. The quantitative estimate of drug-likeness (QED) is 0.682. The number of aromatic nitrogens is 1. The van der Waals surface area contributed by atoms with Crippen LogP contribution in [0.2, 0.25) is 10.0 Å². The molecule has 3 aromatic rings. The molecule has 0 saturated heterocycles. The fourth-order valence-electron chi connectivity index (χ4n) is 2.11. The van der Waals surface area contributed by atoms with E-state index in [1.807, 2.05) is 13.8 Å². The molecule has 0 fully saturated rings. The second kappa shape index (κ2) is 6.27. The van der Waals surface area contributed by atoms with Gasteiger partial charge in [-0.05, 0) is 30.3 Å². The first-order chi connectivity index (χ1) is 11.3. The standard InChI is InChI=1S/C16H14Cl2N2O3S/c1-9(2)16-19-14-6-3-10(7-15(14)23-16)20-24(21,22)11-4-5-12(17)13(18)8-11/h3-9,20H,1-2H3. The molecule has 0 amide bonds. The fourth-order valence-corrected chi connectivity index (χ4v) is 3.55. The molecule has 2 aromatic carbocycles. The zero-order chi connectivity index (χ0) is 17.5. The van der Waals surface area contributed by atoms with Gasteiger partial charge in [0.15, 0.2) is 11.5 Å². The summed E-state index contributed by atoms with van der Waals surface area (Å²) in [5.74, 6) is 0.753. The van der Waals surface area contributed by atoms with Crippen LogP contribution in [0.5, 0.6) is 0 Å². The first-order valence-corrected chi connectivity index (χ1v) is 9.38. The van der Waals surface area contributed by atoms with Gasteiger partial charge in [0.2, 0.25) is 0 Å². The lowest BCUT2D eigenvalue weighted by Gasteiger charge is -2.08. The SMILES string of the molecule is CC(C)c1nc2ccc(NS(=O)(=O)c3ccc(Cl)c(Cl)c3)cc2o1. The number of fused-ring (bicyclic) bond motifs is 1. The molecule has 0 aliphatic carbocycles. The molecule has 24 heavy (non-hydrogen) atoms. The second-order valence-corrected chi connectivity index (χ2v) is 8.07. The number of nitrogens with zero attached hydrogens (tertiary/aromatic N) is 1. The molecule has 0 unspecified atom stereocenters. The number of oxazole rings is 1. The highest BCUT2D eigenvalue weighted by atomic mass is 35.5. The van der Waals surface area contributed by atoms with Crippen molar-refractivity contribution in [2.45, 2.75) is 24.7 Å². The van der Waals surface area contributed by atoms with Crippen LogP contribution in [0.25, 0.3) is 11.1 Å². The molecule has 1 heterocycles. The van der Waals surface area contributed by atoms with Crippen molar-refractivity contribution in [3.05, 3.63) is 52.3 Å². The molecule has 126 valence electrons. The van der Waals surface area contributed by atoms with Gasteiger partial charge >= 0.3 is 0 Å². The molecular formula is C16H14Cl2N2O3S. The lowest BCUT2D eigenvalue weighted by Crippen LogP contribution is -2.12. The number of hydrogen-bond donors (Lipinski definition) is 1. The Labute approximate surface area is 149 Å². The van der Waals surface area contributed by atoms with Crippen LogP contribution >= 0.6 is 23.2 Å². The Morgan fingerprint density at radius 2 is 1.83 bits per heavy atom. The van der Waals surface area contributed by atoms with Crippen LogP contribution in [-0.2, 0) is 10.0 Å². The van der Waals surface area contributed by atoms with E-state index in [1.165, 1.54) is 18.2 Å². The van der Waals surface area contributed by atoms with E-state index in [-0.39, 0.29) is 15.8 Å². The third-order valence-electron chi connectivity index (χ3n) is 3.35. The van der Waals surface area contributed by atoms with E-state index in [0.717, 1.165) is 0 Å². The molecule has 0 radical (unpaired) electrons. The fraction of sp³-hybridized carbons (Fsp3) is 0.188. The predicted octanol–water partition coefficient (Wildman–Crippen LogP) is 5.06. The lowest BCUT2D eigenvalue weighted by atomic mass is 10.2. The Morgan fingerprint density at radius 3 is 2.50 bits per heavy atom. The summed E-state index contributed by atoms with van der Waals surface area (Å²) in [7, 11) is -3.79. The van der Waals surface area contributed by atoms with E-state index in [4.69, 9.17) is 27.6 Å². The average molecular weight is 385 g/mol. The zero-order valence-corrected chi connectivity index (χ0v) is 15.2. The molecule has 1 aromatic heterocycles. The van der Waals surface area contributed by atoms with Crippen LogP contribution in [0.3, 0.4) is 0 Å². The van der Waals surface area contributed by atoms with Gasteiger partial charge in [0.1, 0.15) is 5.52 Å². The molecule has 8 heteroatoms. The average Bonchev–Trinajstić information content (AvgIpc) is 2.93. The molecular weight excluding hydrogens is 371 g/mol. The smallest absolute Gasteiger partial charge is 0.261 e. The summed E-state index contributed by atoms with van der Waals surface area (Å²) in [6.07, 6.45) is 0. The number of nitrogens with one attached hydrogen (secondary N) is 1. The molecule has 0 aliphatic heterocycles. The summed E-state index contributed by atoms with van der Waals surface area (Å²) < 4.78 is 33.0. The normalized spacial score (nSPS) is 12.0. The Hall–Kier alpha value is -1.76. The molecule has 0 aliphatic rings. The summed E-state index contributed by atoms with van der Waals surface area (Å²) in [5, 5.41) is 0.465. The molecule has 3 rings (SSSR count). The molecule has 0 spiro atoms. The van der Waals surface area contributed by atoms with Gasteiger partial charge in [-0.2, -0.15) is 0 Å². The van der Waals surface area contributed by atoms with Gasteiger partial charge in [0.05, 0.1) is 20.6 Å². The van der Waals surface area contributed by atoms with Crippen molar-refractivity contribution in [3.8, 4) is 0 Å². The minimum atomic E-state index is -3.79. The van der Waals surface area contributed by atoms with Crippen LogP contribution in [0.15, 0.2) is 45.7 Å². The van der Waals surface area contributed by atoms with E-state index >= 15 is 0 Å². The van der Waals surface area contributed by atoms with Crippen molar-refractivity contribution in [2.75, 3.05) is 4.72 Å². The van der Waals surface area contributed by atoms with E-state index < -0.39 is 10.0 Å². The summed E-state index contributed by atoms with van der Waals surface area (Å²) >= 11 is 11.7. The van der Waals surface area contributed by atoms with E-state index in [2.05, 4.69) is 9.71 Å². The highest BCUT2D eigenvalue weighted by Gasteiger charge is 2.17. The summed E-state index contributed by atoms with van der Waals surface area (Å²) in [6, 6.07) is 9.06. The molecule has 1 N–H and O–H groups in total. The van der Waals surface area contributed by atoms with Gasteiger partial charge in [-0.3, -0.25) is 4.72 Å².